The smallest absolute Gasteiger partial charge is 0.477 e. The summed E-state index contributed by atoms with van der Waals surface area (Å²) in [6.07, 6.45) is 7.51. The van der Waals surface area contributed by atoms with Crippen molar-refractivity contribution >= 4 is 141 Å². The average molecular weight is 1610 g/mol. The van der Waals surface area contributed by atoms with E-state index in [4.69, 9.17) is 65.1 Å². The SMILES string of the molecule is C=CCOC(=O)C1=C(OP(=O)(Oc2ccccc2)Oc2ccccc2)[C@H](C)[C@@H]2[C@@H]([C@@H](C)O[Si](C)(C)C)C(=O)N12.C=CCOC(=O)C1=C(Sc2nc(C3=CCN(C)[C@H](CCl)C3)cs2)[C@H](C)[C@@H]2[C@@H]([C@@H](C)O[Si](C)(C)C)C(=O)N12.C[C@@H](O)[C@H]1C(=O)N2C(C(=O)O)=C(Sc3nc(C4=CCN[C@H](CCl)C4)cs3)[C@H](C)[C@H]12. The number of aliphatic hydroxyl groups excluding tert-OH is 1. The van der Waals surface area contributed by atoms with Crippen LogP contribution in [0.5, 0.6) is 11.5 Å². The zero-order valence-corrected chi connectivity index (χ0v) is 68.7. The number of carbonyl (C=O) groups is 6. The number of thiazole rings is 2. The van der Waals surface area contributed by atoms with Crippen LogP contribution in [0, 0.1) is 35.5 Å². The number of carboxylic acids is 1. The summed E-state index contributed by atoms with van der Waals surface area (Å²) in [6.45, 7) is 32.5. The number of hydrogen-bond donors (Lipinski definition) is 3. The number of ether oxygens (including phenoxy) is 2. The quantitative estimate of drug-likeness (QED) is 0.0119. The first-order chi connectivity index (χ1) is 49.7. The highest BCUT2D eigenvalue weighted by Gasteiger charge is 2.64. The number of aromatic nitrogens is 2. The molecule has 23 nitrogen and oxygen atoms in total. The number of phosphoric ester groups is 1. The summed E-state index contributed by atoms with van der Waals surface area (Å²) in [7, 11) is -6.14. The van der Waals surface area contributed by atoms with Crippen LogP contribution in [-0.4, -0.2) is 186 Å². The number of nitrogens with one attached hydrogen (secondary N) is 1. The molecule has 105 heavy (non-hydrogen) atoms. The van der Waals surface area contributed by atoms with Crippen LogP contribution < -0.4 is 14.4 Å². The third-order valence-corrected chi connectivity index (χ3v) is 27.7. The van der Waals surface area contributed by atoms with Crippen LogP contribution >= 0.6 is 77.2 Å². The van der Waals surface area contributed by atoms with Crippen LogP contribution in [0.15, 0.2) is 150 Å². The van der Waals surface area contributed by atoms with Gasteiger partial charge in [-0.05, 0) is 115 Å². The van der Waals surface area contributed by atoms with E-state index in [2.05, 4.69) is 74.5 Å². The number of nitrogens with zero attached hydrogens (tertiary/aromatic N) is 6. The van der Waals surface area contributed by atoms with Crippen molar-refractivity contribution in [2.24, 2.45) is 35.5 Å². The molecule has 0 saturated carbocycles. The standard InChI is InChI=1S/C28H34NO8PSi.C26H36ClN3O4S2Si.C19H22ClN3O4S2/c1-7-18-33-28(31)25-26(19(2)24-23(27(30)29(24)25)20(3)37-39(4,5)6)36-38(32,34-21-14-10-8-11-15-21)35-22-16-12-9-13-17-22;1-8-11-33-25(32)22-23(15(2)21-20(24(31)30(21)22)16(3)34-37(5,6)7)36-26-28-19(14-35-26)17-9-10-29(4)18(12-17)13-27;1-8-14-13(9(2)24)17(25)23(14)15(18(26)27)16(8)29-19-22-12(7-28-19)10-3-4-21-11(5-10)6-20/h7-17,19-20,23-24H,1,18H2,2-6H3;8-9,14-16,18,20-21H,1,10-13H2,2-7H3;3,7-9,11,13-14,21,24H,4-6H2,1-2H3,(H,26,27)/t19-,20-,23-,24-;15-,16-,18+,20-,21-;8-,9-,11+,13-,14-/m111/s1. The molecule has 12 rings (SSSR count). The molecule has 2 aromatic heterocycles. The lowest BCUT2D eigenvalue weighted by Crippen LogP contribution is -2.64. The van der Waals surface area contributed by atoms with Gasteiger partial charge in [-0.15, -0.1) is 45.9 Å². The molecule has 0 bridgehead atoms. The normalized spacial score (nSPS) is 25.8. The van der Waals surface area contributed by atoms with Gasteiger partial charge in [-0.25, -0.2) is 24.4 Å². The van der Waals surface area contributed by atoms with Crippen molar-refractivity contribution in [1.29, 1.82) is 0 Å². The van der Waals surface area contributed by atoms with Crippen LogP contribution in [0.4, 0.5) is 0 Å². The lowest BCUT2D eigenvalue weighted by Gasteiger charge is -2.48. The van der Waals surface area contributed by atoms with Crippen molar-refractivity contribution in [2.45, 2.75) is 151 Å². The van der Waals surface area contributed by atoms with Crippen molar-refractivity contribution in [3.8, 4) is 11.5 Å². The van der Waals surface area contributed by atoms with E-state index >= 15 is 0 Å². The minimum atomic E-state index is -4.42. The number of amides is 3. The monoisotopic (exact) mass is 1610 g/mol. The average Bonchev–Trinajstić information content (AvgIpc) is 1.57. The molecule has 32 heteroatoms. The maximum Gasteiger partial charge on any atom is 0.646 e. The van der Waals surface area contributed by atoms with Crippen molar-refractivity contribution in [3.05, 3.63) is 153 Å². The number of benzene rings is 2. The Balaban J connectivity index is 0.000000171. The van der Waals surface area contributed by atoms with E-state index in [9.17, 15) is 43.5 Å². The van der Waals surface area contributed by atoms with Crippen LogP contribution in [-0.2, 0) is 56.2 Å². The summed E-state index contributed by atoms with van der Waals surface area (Å²) in [6, 6.07) is 16.5. The topological polar surface area (TPSA) is 275 Å². The molecule has 2 aromatic carbocycles. The summed E-state index contributed by atoms with van der Waals surface area (Å²) in [5.41, 5.74) is 4.41. The molecule has 8 aliphatic heterocycles. The van der Waals surface area contributed by atoms with Crippen LogP contribution in [0.1, 0.15) is 65.8 Å². The van der Waals surface area contributed by atoms with Gasteiger partial charge in [0.25, 0.3) is 0 Å². The number of β-lactam (4-membered cyclic amide) rings is 3. The first-order valence-electron chi connectivity index (χ1n) is 34.8. The Morgan fingerprint density at radius 1 is 0.667 bits per heavy atom. The molecule has 3 N–H and O–H groups in total. The van der Waals surface area contributed by atoms with Gasteiger partial charge in [-0.2, -0.15) is 4.57 Å². The number of aliphatic hydroxyl groups is 1. The second kappa shape index (κ2) is 34.2. The summed E-state index contributed by atoms with van der Waals surface area (Å²) in [4.78, 5) is 95.1. The molecule has 10 heterocycles. The minimum absolute atomic E-state index is 0.000288. The van der Waals surface area contributed by atoms with Gasteiger partial charge in [-0.3, -0.25) is 24.2 Å². The van der Waals surface area contributed by atoms with E-state index in [0.717, 1.165) is 56.5 Å². The van der Waals surface area contributed by atoms with E-state index in [1.165, 1.54) is 62.4 Å². The number of esters is 2. The number of rotatable bonds is 28. The lowest BCUT2D eigenvalue weighted by atomic mass is 9.79. The predicted octanol–water partition coefficient (Wildman–Crippen LogP) is 13.5. The molecule has 0 unspecified atom stereocenters. The molecular formula is C73H92Cl2N7O16PS4Si2. The lowest BCUT2D eigenvalue weighted by molar-refractivity contribution is -0.163. The number of thioether (sulfide) groups is 2. The Morgan fingerprint density at radius 2 is 1.11 bits per heavy atom. The van der Waals surface area contributed by atoms with Gasteiger partial charge in [0.2, 0.25) is 17.7 Å². The molecule has 0 spiro atoms. The Hall–Kier alpha value is -6.16. The zero-order chi connectivity index (χ0) is 76.3. The second-order valence-electron chi connectivity index (χ2n) is 28.8. The van der Waals surface area contributed by atoms with Crippen LogP contribution in [0.3, 0.4) is 0 Å². The molecule has 14 atom stereocenters. The van der Waals surface area contributed by atoms with Gasteiger partial charge in [0.15, 0.2) is 31.0 Å². The third-order valence-electron chi connectivity index (χ3n) is 19.1. The van der Waals surface area contributed by atoms with Crippen molar-refractivity contribution in [2.75, 3.05) is 45.1 Å². The molecule has 3 saturated heterocycles. The van der Waals surface area contributed by atoms with E-state index in [1.807, 2.05) is 45.8 Å². The maximum atomic E-state index is 14.2. The Bertz CT molecular complexity index is 4120. The zero-order valence-electron chi connectivity index (χ0n) is 61.0. The van der Waals surface area contributed by atoms with Gasteiger partial charge in [-0.1, -0.05) is 118 Å². The van der Waals surface area contributed by atoms with Crippen molar-refractivity contribution < 1.29 is 75.4 Å². The van der Waals surface area contributed by atoms with E-state index in [1.54, 1.807) is 90.7 Å². The number of carboxylic acid groups (broad SMARTS) is 1. The third kappa shape index (κ3) is 17.9. The van der Waals surface area contributed by atoms with Crippen molar-refractivity contribution in [1.82, 2.24) is 34.9 Å². The number of likely N-dealkylation sites (N-methyl/N-ethyl adjacent to an activating group) is 1. The fraction of sp³-hybridized carbons (Fsp3) is 0.479. The maximum absolute atomic E-state index is 14.2. The number of fused-ring (bicyclic) bond motifs is 3. The molecule has 3 fully saturated rings. The van der Waals surface area contributed by atoms with Gasteiger partial charge in [0, 0.05) is 75.3 Å². The molecule has 4 aromatic rings. The first-order valence-corrected chi connectivity index (χ1v) is 47.5. The molecule has 0 radical (unpaired) electrons. The molecule has 8 aliphatic rings. The largest absolute Gasteiger partial charge is 0.646 e. The van der Waals surface area contributed by atoms with E-state index < -0.39 is 72.3 Å². The second-order valence-corrected chi connectivity index (χ2v) is 44.1. The number of para-hydroxylation sites is 2. The number of carbonyl (C=O) groups excluding carboxylic acids is 5. The summed E-state index contributed by atoms with van der Waals surface area (Å²) >= 11 is 17.9. The van der Waals surface area contributed by atoms with Gasteiger partial charge in [0.05, 0.1) is 65.6 Å². The molecule has 566 valence electrons. The Labute approximate surface area is 642 Å². The summed E-state index contributed by atoms with van der Waals surface area (Å²) in [5, 5.41) is 27.0. The molecule has 0 aliphatic carbocycles. The fourth-order valence-corrected chi connectivity index (χ4v) is 23.1. The number of hydrogen-bond acceptors (Lipinski definition) is 23. The Kier molecular flexibility index (Phi) is 26.5. The van der Waals surface area contributed by atoms with Gasteiger partial charge >= 0.3 is 25.7 Å². The first kappa shape index (κ1) is 81.4. The van der Waals surface area contributed by atoms with Gasteiger partial charge < -0.3 is 57.2 Å². The van der Waals surface area contributed by atoms with Crippen LogP contribution in [0.2, 0.25) is 39.3 Å². The van der Waals surface area contributed by atoms with E-state index in [-0.39, 0.29) is 114 Å². The number of aliphatic carboxylic acids is 1. The summed E-state index contributed by atoms with van der Waals surface area (Å²) < 4.78 is 56.5. The summed E-state index contributed by atoms with van der Waals surface area (Å²) in [5.74, 6) is -3.61. The number of halogens is 2. The minimum Gasteiger partial charge on any atom is -0.477 e. The van der Waals surface area contributed by atoms with Crippen molar-refractivity contribution in [3.63, 3.8) is 0 Å². The predicted molar refractivity (Wildman–Crippen MR) is 414 cm³/mol. The highest BCUT2D eigenvalue weighted by molar-refractivity contribution is 8.05. The Morgan fingerprint density at radius 3 is 1.58 bits per heavy atom. The fourth-order valence-electron chi connectivity index (χ4n) is 14.4. The molecule has 3 amide bonds. The number of phosphoric acid groups is 1. The number of alkyl halides is 2. The van der Waals surface area contributed by atoms with E-state index in [0.29, 0.717) is 22.4 Å². The highest BCUT2D eigenvalue weighted by Crippen LogP contribution is 2.59. The highest BCUT2D eigenvalue weighted by atomic mass is 35.5. The molecular weight excluding hydrogens is 1520 g/mol. The van der Waals surface area contributed by atoms with Gasteiger partial charge in [0.1, 0.15) is 41.9 Å². The van der Waals surface area contributed by atoms with Crippen LogP contribution in [0.25, 0.3) is 11.1 Å².